The van der Waals surface area contributed by atoms with Crippen molar-refractivity contribution in [1.29, 1.82) is 0 Å². The first-order valence-electron chi connectivity index (χ1n) is 5.94. The van der Waals surface area contributed by atoms with Crippen molar-refractivity contribution >= 4 is 11.6 Å². The molecule has 0 saturated heterocycles. The number of fused-ring (bicyclic) bond motifs is 1. The molecule has 5 nitrogen and oxygen atoms in total. The largest absolute Gasteiger partial charge is 0.490 e. The van der Waals surface area contributed by atoms with Gasteiger partial charge in [-0.25, -0.2) is 0 Å². The third-order valence-electron chi connectivity index (χ3n) is 2.74. The molecule has 1 N–H and O–H groups in total. The van der Waals surface area contributed by atoms with Crippen molar-refractivity contribution in [3.05, 3.63) is 18.2 Å². The summed E-state index contributed by atoms with van der Waals surface area (Å²) in [5.74, 6) is 1.19. The third-order valence-corrected chi connectivity index (χ3v) is 2.74. The SMILES string of the molecule is COC(C)C(=O)Nc1ccc2c(c1)OCCCO2. The summed E-state index contributed by atoms with van der Waals surface area (Å²) in [5.41, 5.74) is 0.674. The Balaban J connectivity index is 2.11. The number of methoxy groups -OCH3 is 1. The van der Waals surface area contributed by atoms with E-state index in [9.17, 15) is 4.79 Å². The number of benzene rings is 1. The van der Waals surface area contributed by atoms with Gasteiger partial charge in [-0.2, -0.15) is 0 Å². The zero-order chi connectivity index (χ0) is 13.0. The van der Waals surface area contributed by atoms with Crippen LogP contribution in [-0.2, 0) is 9.53 Å². The molecule has 0 bridgehead atoms. The van der Waals surface area contributed by atoms with Crippen LogP contribution in [0.1, 0.15) is 13.3 Å². The Kier molecular flexibility index (Phi) is 4.04. The van der Waals surface area contributed by atoms with E-state index in [1.807, 2.05) is 0 Å². The Morgan fingerprint density at radius 3 is 2.78 bits per heavy atom. The summed E-state index contributed by atoms with van der Waals surface area (Å²) in [7, 11) is 1.50. The van der Waals surface area contributed by atoms with Crippen molar-refractivity contribution < 1.29 is 19.0 Å². The number of carbonyl (C=O) groups is 1. The molecule has 1 aromatic carbocycles. The number of hydrogen-bond donors (Lipinski definition) is 1. The molecular formula is C13H17NO4. The molecule has 18 heavy (non-hydrogen) atoms. The van der Waals surface area contributed by atoms with Gasteiger partial charge in [0.15, 0.2) is 11.5 Å². The van der Waals surface area contributed by atoms with Crippen molar-refractivity contribution in [3.63, 3.8) is 0 Å². The summed E-state index contributed by atoms with van der Waals surface area (Å²) >= 11 is 0. The molecule has 0 aliphatic carbocycles. The van der Waals surface area contributed by atoms with Crippen LogP contribution in [0.2, 0.25) is 0 Å². The highest BCUT2D eigenvalue weighted by molar-refractivity contribution is 5.94. The average Bonchev–Trinajstić information content (AvgIpc) is 2.62. The number of amides is 1. The lowest BCUT2D eigenvalue weighted by Crippen LogP contribution is -2.26. The first kappa shape index (κ1) is 12.7. The van der Waals surface area contributed by atoms with Gasteiger partial charge in [-0.3, -0.25) is 4.79 Å². The predicted octanol–water partition coefficient (Wildman–Crippen LogP) is 1.82. The maximum atomic E-state index is 11.7. The number of hydrogen-bond acceptors (Lipinski definition) is 4. The molecule has 1 heterocycles. The third kappa shape index (κ3) is 2.92. The highest BCUT2D eigenvalue weighted by Gasteiger charge is 2.14. The maximum absolute atomic E-state index is 11.7. The molecule has 0 fully saturated rings. The molecule has 1 unspecified atom stereocenters. The van der Waals surface area contributed by atoms with Crippen LogP contribution >= 0.6 is 0 Å². The molecule has 1 amide bonds. The van der Waals surface area contributed by atoms with Crippen LogP contribution in [0.25, 0.3) is 0 Å². The van der Waals surface area contributed by atoms with Crippen LogP contribution in [-0.4, -0.2) is 32.3 Å². The second kappa shape index (κ2) is 5.73. The summed E-state index contributed by atoms with van der Waals surface area (Å²) in [6.07, 6.45) is 0.373. The van der Waals surface area contributed by atoms with Crippen LogP contribution in [0, 0.1) is 0 Å². The summed E-state index contributed by atoms with van der Waals surface area (Å²) in [5, 5.41) is 2.76. The van der Waals surface area contributed by atoms with Gasteiger partial charge in [0.2, 0.25) is 0 Å². The van der Waals surface area contributed by atoms with Gasteiger partial charge in [0, 0.05) is 25.3 Å². The maximum Gasteiger partial charge on any atom is 0.253 e. The summed E-state index contributed by atoms with van der Waals surface area (Å²) < 4.78 is 16.0. The van der Waals surface area contributed by atoms with Gasteiger partial charge < -0.3 is 19.5 Å². The molecule has 0 saturated carbocycles. The fourth-order valence-corrected chi connectivity index (χ4v) is 1.59. The number of anilines is 1. The predicted molar refractivity (Wildman–Crippen MR) is 67.1 cm³/mol. The molecular weight excluding hydrogens is 234 g/mol. The highest BCUT2D eigenvalue weighted by atomic mass is 16.5. The lowest BCUT2D eigenvalue weighted by Gasteiger charge is -2.12. The Bertz CT molecular complexity index is 433. The summed E-state index contributed by atoms with van der Waals surface area (Å²) in [4.78, 5) is 11.7. The number of nitrogens with one attached hydrogen (secondary N) is 1. The van der Waals surface area contributed by atoms with E-state index in [2.05, 4.69) is 5.32 Å². The molecule has 1 aliphatic rings. The van der Waals surface area contributed by atoms with Gasteiger partial charge in [-0.1, -0.05) is 0 Å². The van der Waals surface area contributed by atoms with E-state index >= 15 is 0 Å². The van der Waals surface area contributed by atoms with E-state index in [0.29, 0.717) is 30.4 Å². The fraction of sp³-hybridized carbons (Fsp3) is 0.462. The van der Waals surface area contributed by atoms with Gasteiger partial charge in [0.05, 0.1) is 13.2 Å². The number of carbonyl (C=O) groups excluding carboxylic acids is 1. The lowest BCUT2D eigenvalue weighted by molar-refractivity contribution is -0.124. The molecule has 0 aromatic heterocycles. The monoisotopic (exact) mass is 251 g/mol. The van der Waals surface area contributed by atoms with Crippen molar-refractivity contribution in [2.24, 2.45) is 0 Å². The van der Waals surface area contributed by atoms with Gasteiger partial charge >= 0.3 is 0 Å². The summed E-state index contributed by atoms with van der Waals surface area (Å²) in [6, 6.07) is 5.35. The van der Waals surface area contributed by atoms with Crippen molar-refractivity contribution in [2.75, 3.05) is 25.6 Å². The quantitative estimate of drug-likeness (QED) is 0.890. The van der Waals surface area contributed by atoms with E-state index in [0.717, 1.165) is 6.42 Å². The van der Waals surface area contributed by atoms with Crippen LogP contribution in [0.3, 0.4) is 0 Å². The Hall–Kier alpha value is -1.75. The Morgan fingerprint density at radius 1 is 1.33 bits per heavy atom. The fourth-order valence-electron chi connectivity index (χ4n) is 1.59. The van der Waals surface area contributed by atoms with Crippen molar-refractivity contribution in [3.8, 4) is 11.5 Å². The summed E-state index contributed by atoms with van der Waals surface area (Å²) in [6.45, 7) is 2.97. The molecule has 1 atom stereocenters. The van der Waals surface area contributed by atoms with Gasteiger partial charge in [-0.05, 0) is 19.1 Å². The first-order chi connectivity index (χ1) is 8.70. The Morgan fingerprint density at radius 2 is 2.06 bits per heavy atom. The van der Waals surface area contributed by atoms with E-state index in [4.69, 9.17) is 14.2 Å². The molecule has 0 radical (unpaired) electrons. The minimum Gasteiger partial charge on any atom is -0.490 e. The van der Waals surface area contributed by atoms with Gasteiger partial charge in [0.1, 0.15) is 6.10 Å². The van der Waals surface area contributed by atoms with E-state index < -0.39 is 6.10 Å². The Labute approximate surface area is 106 Å². The van der Waals surface area contributed by atoms with Gasteiger partial charge in [0.25, 0.3) is 5.91 Å². The number of rotatable bonds is 3. The van der Waals surface area contributed by atoms with Crippen LogP contribution in [0.5, 0.6) is 11.5 Å². The van der Waals surface area contributed by atoms with Crippen LogP contribution in [0.4, 0.5) is 5.69 Å². The van der Waals surface area contributed by atoms with E-state index in [1.165, 1.54) is 7.11 Å². The molecule has 98 valence electrons. The lowest BCUT2D eigenvalue weighted by atomic mass is 10.2. The zero-order valence-corrected chi connectivity index (χ0v) is 10.6. The van der Waals surface area contributed by atoms with Gasteiger partial charge in [-0.15, -0.1) is 0 Å². The molecule has 1 aromatic rings. The number of ether oxygens (including phenoxy) is 3. The van der Waals surface area contributed by atoms with E-state index in [-0.39, 0.29) is 5.91 Å². The second-order valence-electron chi connectivity index (χ2n) is 4.08. The topological polar surface area (TPSA) is 56.8 Å². The zero-order valence-electron chi connectivity index (χ0n) is 10.6. The molecule has 1 aliphatic heterocycles. The standard InChI is InChI=1S/C13H17NO4/c1-9(16-2)13(15)14-10-4-5-11-12(8-10)18-7-3-6-17-11/h4-5,8-9H,3,6-7H2,1-2H3,(H,14,15). The van der Waals surface area contributed by atoms with Crippen molar-refractivity contribution in [1.82, 2.24) is 0 Å². The smallest absolute Gasteiger partial charge is 0.253 e. The first-order valence-corrected chi connectivity index (χ1v) is 5.94. The second-order valence-corrected chi connectivity index (χ2v) is 4.08. The normalized spacial score (nSPS) is 15.7. The molecule has 5 heteroatoms. The molecule has 0 spiro atoms. The van der Waals surface area contributed by atoms with Crippen LogP contribution in [0.15, 0.2) is 18.2 Å². The highest BCUT2D eigenvalue weighted by Crippen LogP contribution is 2.32. The minimum atomic E-state index is -0.485. The van der Waals surface area contributed by atoms with Crippen molar-refractivity contribution in [2.45, 2.75) is 19.4 Å². The average molecular weight is 251 g/mol. The molecule has 2 rings (SSSR count). The van der Waals surface area contributed by atoms with E-state index in [1.54, 1.807) is 25.1 Å². The van der Waals surface area contributed by atoms with Crippen LogP contribution < -0.4 is 14.8 Å². The minimum absolute atomic E-state index is 0.188.